The fraction of sp³-hybridized carbons (Fsp3) is 0.600. The molecule has 0 aliphatic rings. The van der Waals surface area contributed by atoms with Crippen LogP contribution in [0.25, 0.3) is 0 Å². The third-order valence-electron chi connectivity index (χ3n) is 2.90. The van der Waals surface area contributed by atoms with E-state index in [9.17, 15) is 4.39 Å². The Kier molecular flexibility index (Phi) is 6.03. The minimum absolute atomic E-state index is 0.211. The van der Waals surface area contributed by atoms with Gasteiger partial charge >= 0.3 is 0 Å². The number of aryl methyl sites for hydroxylation is 1. The van der Waals surface area contributed by atoms with E-state index in [2.05, 4.69) is 13.8 Å². The predicted octanol–water partition coefficient (Wildman–Crippen LogP) is 4.87. The van der Waals surface area contributed by atoms with E-state index < -0.39 is 0 Å². The summed E-state index contributed by atoms with van der Waals surface area (Å²) in [6.45, 7) is 6.19. The maximum Gasteiger partial charge on any atom is 0.127 e. The van der Waals surface area contributed by atoms with Gasteiger partial charge < -0.3 is 4.74 Å². The summed E-state index contributed by atoms with van der Waals surface area (Å²) >= 11 is 0. The molecule has 0 aliphatic heterocycles. The zero-order chi connectivity index (χ0) is 12.7. The molecule has 0 fully saturated rings. The van der Waals surface area contributed by atoms with E-state index >= 15 is 0 Å². The van der Waals surface area contributed by atoms with Crippen LogP contribution >= 0.6 is 0 Å². The zero-order valence-electron chi connectivity index (χ0n) is 11.1. The molecule has 2 heteroatoms. The smallest absolute Gasteiger partial charge is 0.127 e. The zero-order valence-corrected chi connectivity index (χ0v) is 11.1. The number of hydrogen-bond donors (Lipinski definition) is 0. The van der Waals surface area contributed by atoms with Crippen LogP contribution in [-0.4, -0.2) is 6.10 Å². The van der Waals surface area contributed by atoms with Gasteiger partial charge in [0.05, 0.1) is 6.10 Å². The SMILES string of the molecule is CCCCCC(CC)Oc1cc(C)cc(F)c1. The topological polar surface area (TPSA) is 9.23 Å². The summed E-state index contributed by atoms with van der Waals surface area (Å²) in [5.74, 6) is 0.439. The van der Waals surface area contributed by atoms with E-state index in [1.54, 1.807) is 0 Å². The average Bonchev–Trinajstić information content (AvgIpc) is 2.26. The fourth-order valence-corrected chi connectivity index (χ4v) is 1.93. The Labute approximate surface area is 104 Å². The highest BCUT2D eigenvalue weighted by atomic mass is 19.1. The van der Waals surface area contributed by atoms with Gasteiger partial charge in [0.2, 0.25) is 0 Å². The predicted molar refractivity (Wildman–Crippen MR) is 70.0 cm³/mol. The molecule has 17 heavy (non-hydrogen) atoms. The Morgan fingerprint density at radius 1 is 1.18 bits per heavy atom. The van der Waals surface area contributed by atoms with Crippen LogP contribution < -0.4 is 4.74 Å². The Morgan fingerprint density at radius 2 is 1.94 bits per heavy atom. The lowest BCUT2D eigenvalue weighted by Crippen LogP contribution is -2.15. The first-order valence-electron chi connectivity index (χ1n) is 6.59. The van der Waals surface area contributed by atoms with Crippen molar-refractivity contribution < 1.29 is 9.13 Å². The van der Waals surface area contributed by atoms with Crippen molar-refractivity contribution in [1.82, 2.24) is 0 Å². The van der Waals surface area contributed by atoms with Crippen molar-refractivity contribution in [2.45, 2.75) is 59.0 Å². The number of hydrogen-bond acceptors (Lipinski definition) is 1. The molecule has 0 radical (unpaired) electrons. The number of ether oxygens (including phenoxy) is 1. The normalized spacial score (nSPS) is 12.5. The summed E-state index contributed by atoms with van der Waals surface area (Å²) in [4.78, 5) is 0. The molecule has 0 saturated heterocycles. The Balaban J connectivity index is 2.54. The fourth-order valence-electron chi connectivity index (χ4n) is 1.93. The minimum Gasteiger partial charge on any atom is -0.490 e. The molecule has 1 aromatic rings. The lowest BCUT2D eigenvalue weighted by molar-refractivity contribution is 0.182. The molecule has 1 rings (SSSR count). The van der Waals surface area contributed by atoms with Crippen molar-refractivity contribution >= 4 is 0 Å². The van der Waals surface area contributed by atoms with Crippen molar-refractivity contribution in [3.63, 3.8) is 0 Å². The maximum atomic E-state index is 13.2. The van der Waals surface area contributed by atoms with Gasteiger partial charge in [-0.05, 0) is 43.9 Å². The second kappa shape index (κ2) is 7.31. The van der Waals surface area contributed by atoms with Crippen LogP contribution in [0.2, 0.25) is 0 Å². The van der Waals surface area contributed by atoms with Crippen LogP contribution in [0.4, 0.5) is 4.39 Å². The van der Waals surface area contributed by atoms with Crippen LogP contribution in [0.15, 0.2) is 18.2 Å². The van der Waals surface area contributed by atoms with Gasteiger partial charge in [-0.1, -0.05) is 26.7 Å². The lowest BCUT2D eigenvalue weighted by atomic mass is 10.1. The second-order valence-electron chi connectivity index (χ2n) is 4.61. The molecule has 1 atom stereocenters. The molecule has 0 amide bonds. The van der Waals surface area contributed by atoms with Gasteiger partial charge in [-0.2, -0.15) is 0 Å². The molecule has 96 valence electrons. The molecule has 0 aliphatic carbocycles. The van der Waals surface area contributed by atoms with Crippen molar-refractivity contribution in [3.8, 4) is 5.75 Å². The Bertz CT molecular complexity index is 315. The van der Waals surface area contributed by atoms with E-state index in [1.807, 2.05) is 13.0 Å². The van der Waals surface area contributed by atoms with Crippen LogP contribution in [-0.2, 0) is 0 Å². The van der Waals surface area contributed by atoms with Crippen LogP contribution in [0, 0.1) is 12.7 Å². The van der Waals surface area contributed by atoms with E-state index in [0.29, 0.717) is 5.75 Å². The molecule has 1 aromatic carbocycles. The maximum absolute atomic E-state index is 13.2. The first kappa shape index (κ1) is 14.0. The molecule has 1 unspecified atom stereocenters. The number of rotatable bonds is 7. The van der Waals surface area contributed by atoms with Crippen molar-refractivity contribution in [2.75, 3.05) is 0 Å². The summed E-state index contributed by atoms with van der Waals surface area (Å²) in [5.41, 5.74) is 0.906. The highest BCUT2D eigenvalue weighted by Crippen LogP contribution is 2.20. The molecule has 0 spiro atoms. The van der Waals surface area contributed by atoms with E-state index in [4.69, 9.17) is 4.74 Å². The Hall–Kier alpha value is -1.05. The minimum atomic E-state index is -0.219. The summed E-state index contributed by atoms with van der Waals surface area (Å²) < 4.78 is 19.0. The van der Waals surface area contributed by atoms with E-state index in [1.165, 1.54) is 31.4 Å². The summed E-state index contributed by atoms with van der Waals surface area (Å²) in [6, 6.07) is 4.88. The van der Waals surface area contributed by atoms with Gasteiger partial charge in [-0.15, -0.1) is 0 Å². The summed E-state index contributed by atoms with van der Waals surface area (Å²) in [6.07, 6.45) is 5.88. The first-order chi connectivity index (χ1) is 8.15. The molecular formula is C15H23FO. The van der Waals surface area contributed by atoms with Crippen LogP contribution in [0.3, 0.4) is 0 Å². The monoisotopic (exact) mass is 238 g/mol. The van der Waals surface area contributed by atoms with Crippen LogP contribution in [0.5, 0.6) is 5.75 Å². The first-order valence-corrected chi connectivity index (χ1v) is 6.59. The van der Waals surface area contributed by atoms with E-state index in [0.717, 1.165) is 18.4 Å². The van der Waals surface area contributed by atoms with E-state index in [-0.39, 0.29) is 11.9 Å². The summed E-state index contributed by atoms with van der Waals surface area (Å²) in [5, 5.41) is 0. The second-order valence-corrected chi connectivity index (χ2v) is 4.61. The van der Waals surface area contributed by atoms with Crippen LogP contribution in [0.1, 0.15) is 51.5 Å². The quantitative estimate of drug-likeness (QED) is 0.616. The van der Waals surface area contributed by atoms with Gasteiger partial charge in [0, 0.05) is 6.07 Å². The van der Waals surface area contributed by atoms with Gasteiger partial charge in [0.1, 0.15) is 11.6 Å². The van der Waals surface area contributed by atoms with Gasteiger partial charge in [-0.25, -0.2) is 4.39 Å². The third-order valence-corrected chi connectivity index (χ3v) is 2.90. The van der Waals surface area contributed by atoms with Crippen molar-refractivity contribution in [1.29, 1.82) is 0 Å². The Morgan fingerprint density at radius 3 is 2.53 bits per heavy atom. The molecular weight excluding hydrogens is 215 g/mol. The number of halogens is 1. The molecule has 0 heterocycles. The standard InChI is InChI=1S/C15H23FO/c1-4-6-7-8-14(5-2)17-15-10-12(3)9-13(16)11-15/h9-11,14H,4-8H2,1-3H3. The lowest BCUT2D eigenvalue weighted by Gasteiger charge is -2.17. The number of unbranched alkanes of at least 4 members (excludes halogenated alkanes) is 2. The molecule has 0 N–H and O–H groups in total. The number of benzene rings is 1. The van der Waals surface area contributed by atoms with Crippen molar-refractivity contribution in [2.24, 2.45) is 0 Å². The molecule has 1 nitrogen and oxygen atoms in total. The van der Waals surface area contributed by atoms with Gasteiger partial charge in [0.15, 0.2) is 0 Å². The molecule has 0 bridgehead atoms. The summed E-state index contributed by atoms with van der Waals surface area (Å²) in [7, 11) is 0. The highest BCUT2D eigenvalue weighted by Gasteiger charge is 2.08. The third kappa shape index (κ3) is 5.20. The molecule has 0 aromatic heterocycles. The van der Waals surface area contributed by atoms with Gasteiger partial charge in [-0.3, -0.25) is 0 Å². The van der Waals surface area contributed by atoms with Crippen molar-refractivity contribution in [3.05, 3.63) is 29.6 Å². The molecule has 0 saturated carbocycles. The average molecular weight is 238 g/mol. The highest BCUT2D eigenvalue weighted by molar-refractivity contribution is 5.28. The van der Waals surface area contributed by atoms with Gasteiger partial charge in [0.25, 0.3) is 0 Å². The largest absolute Gasteiger partial charge is 0.490 e.